The van der Waals surface area contributed by atoms with Crippen LogP contribution in [0.3, 0.4) is 0 Å². The summed E-state index contributed by atoms with van der Waals surface area (Å²) in [6, 6.07) is 0.867. The number of alkyl halides is 2. The molecule has 0 saturated carbocycles. The second-order valence-electron chi connectivity index (χ2n) is 2.12. The van der Waals surface area contributed by atoms with Gasteiger partial charge in [-0.25, -0.2) is 8.78 Å². The molecule has 0 amide bonds. The smallest absolute Gasteiger partial charge is 0.269 e. The monoisotopic (exact) mass is 194 g/mol. The second kappa shape index (κ2) is 3.10. The fourth-order valence-electron chi connectivity index (χ4n) is 0.703. The summed E-state index contributed by atoms with van der Waals surface area (Å²) in [4.78, 5) is 12.8. The summed E-state index contributed by atoms with van der Waals surface area (Å²) < 4.78 is 24.0. The minimum absolute atomic E-state index is 0.0634. The molecular formula is C6H5ClF2N2O. The van der Waals surface area contributed by atoms with Gasteiger partial charge in [-0.15, -0.1) is 0 Å². The Kier molecular flexibility index (Phi) is 2.32. The van der Waals surface area contributed by atoms with E-state index >= 15 is 0 Å². The predicted molar refractivity (Wildman–Crippen MR) is 41.4 cm³/mol. The third kappa shape index (κ3) is 1.55. The molecule has 12 heavy (non-hydrogen) atoms. The highest BCUT2D eigenvalue weighted by Crippen LogP contribution is 2.20. The molecular weight excluding hydrogens is 190 g/mol. The van der Waals surface area contributed by atoms with Crippen LogP contribution in [0, 0.1) is 0 Å². The Bertz CT molecular complexity index is 350. The van der Waals surface area contributed by atoms with Crippen molar-refractivity contribution in [3.05, 3.63) is 27.1 Å². The zero-order chi connectivity index (χ0) is 9.30. The van der Waals surface area contributed by atoms with Crippen molar-refractivity contribution in [3.63, 3.8) is 0 Å². The van der Waals surface area contributed by atoms with Crippen molar-refractivity contribution in [1.29, 1.82) is 0 Å². The van der Waals surface area contributed by atoms with Crippen LogP contribution in [0.4, 0.5) is 14.5 Å². The molecule has 0 saturated heterocycles. The average molecular weight is 195 g/mol. The van der Waals surface area contributed by atoms with Gasteiger partial charge in [-0.05, 0) is 6.07 Å². The van der Waals surface area contributed by atoms with Crippen molar-refractivity contribution in [1.82, 2.24) is 4.98 Å². The van der Waals surface area contributed by atoms with E-state index in [0.717, 1.165) is 6.07 Å². The number of nitrogens with one attached hydrogen (secondary N) is 1. The van der Waals surface area contributed by atoms with Crippen LogP contribution in [0.1, 0.15) is 12.0 Å². The van der Waals surface area contributed by atoms with Gasteiger partial charge in [0.2, 0.25) is 0 Å². The quantitative estimate of drug-likeness (QED) is 0.667. The molecule has 66 valence electrons. The lowest BCUT2D eigenvalue weighted by Gasteiger charge is -2.00. The van der Waals surface area contributed by atoms with Crippen molar-refractivity contribution in [2.24, 2.45) is 0 Å². The highest BCUT2D eigenvalue weighted by Gasteiger charge is 2.13. The van der Waals surface area contributed by atoms with Gasteiger partial charge in [0, 0.05) is 0 Å². The molecule has 1 aromatic heterocycles. The Morgan fingerprint density at radius 2 is 2.17 bits per heavy atom. The molecule has 1 aromatic rings. The first-order valence-corrected chi connectivity index (χ1v) is 3.36. The number of H-pyrrole nitrogens is 1. The van der Waals surface area contributed by atoms with E-state index in [0.29, 0.717) is 0 Å². The predicted octanol–water partition coefficient (Wildman–Crippen LogP) is 1.55. The molecule has 0 aliphatic heterocycles. The fraction of sp³-hybridized carbons (Fsp3) is 0.167. The number of pyridine rings is 1. The van der Waals surface area contributed by atoms with E-state index in [2.05, 4.69) is 0 Å². The molecule has 0 spiro atoms. The fourth-order valence-corrected chi connectivity index (χ4v) is 0.843. The SMILES string of the molecule is Nc1cc(C(F)F)c(=O)[nH]c1Cl. The van der Waals surface area contributed by atoms with E-state index < -0.39 is 17.5 Å². The molecule has 0 radical (unpaired) electrons. The first-order chi connectivity index (χ1) is 5.52. The van der Waals surface area contributed by atoms with E-state index in [1.165, 1.54) is 0 Å². The Morgan fingerprint density at radius 3 is 2.67 bits per heavy atom. The standard InChI is InChI=1S/C6H5ClF2N2O/c7-4-3(10)1-2(5(8)9)6(12)11-4/h1,5H,10H2,(H,11,12). The summed E-state index contributed by atoms with van der Waals surface area (Å²) >= 11 is 5.37. The number of aromatic amines is 1. The van der Waals surface area contributed by atoms with Crippen LogP contribution in [0.25, 0.3) is 0 Å². The van der Waals surface area contributed by atoms with E-state index in [1.807, 2.05) is 4.98 Å². The van der Waals surface area contributed by atoms with Gasteiger partial charge in [0.25, 0.3) is 12.0 Å². The van der Waals surface area contributed by atoms with Gasteiger partial charge in [0.1, 0.15) is 5.15 Å². The van der Waals surface area contributed by atoms with E-state index in [1.54, 1.807) is 0 Å². The summed E-state index contributed by atoms with van der Waals surface area (Å²) in [5, 5.41) is -0.121. The summed E-state index contributed by atoms with van der Waals surface area (Å²) in [6.45, 7) is 0. The average Bonchev–Trinajstić information content (AvgIpc) is 1.96. The van der Waals surface area contributed by atoms with Crippen molar-refractivity contribution < 1.29 is 8.78 Å². The van der Waals surface area contributed by atoms with Crippen molar-refractivity contribution in [3.8, 4) is 0 Å². The van der Waals surface area contributed by atoms with Gasteiger partial charge in [-0.3, -0.25) is 4.79 Å². The summed E-state index contributed by atoms with van der Waals surface area (Å²) in [5.41, 5.74) is 3.55. The highest BCUT2D eigenvalue weighted by molar-refractivity contribution is 6.31. The van der Waals surface area contributed by atoms with Gasteiger partial charge in [0.15, 0.2) is 0 Å². The number of rotatable bonds is 1. The number of nitrogens with two attached hydrogens (primary N) is 1. The Balaban J connectivity index is 3.33. The Morgan fingerprint density at radius 1 is 1.58 bits per heavy atom. The van der Waals surface area contributed by atoms with Gasteiger partial charge >= 0.3 is 0 Å². The van der Waals surface area contributed by atoms with E-state index in [4.69, 9.17) is 17.3 Å². The first kappa shape index (κ1) is 8.99. The molecule has 3 nitrogen and oxygen atoms in total. The lowest BCUT2D eigenvalue weighted by atomic mass is 10.3. The van der Waals surface area contributed by atoms with Crippen LogP contribution in [0.2, 0.25) is 5.15 Å². The van der Waals surface area contributed by atoms with Gasteiger partial charge in [-0.1, -0.05) is 11.6 Å². The van der Waals surface area contributed by atoms with Crippen molar-refractivity contribution >= 4 is 17.3 Å². The Labute approximate surface area is 71.2 Å². The highest BCUT2D eigenvalue weighted by atomic mass is 35.5. The zero-order valence-electron chi connectivity index (χ0n) is 5.77. The van der Waals surface area contributed by atoms with E-state index in [-0.39, 0.29) is 10.8 Å². The third-order valence-corrected chi connectivity index (χ3v) is 1.60. The number of anilines is 1. The van der Waals surface area contributed by atoms with Crippen LogP contribution in [0.15, 0.2) is 10.9 Å². The van der Waals surface area contributed by atoms with E-state index in [9.17, 15) is 13.6 Å². The molecule has 0 atom stereocenters. The number of nitrogen functional groups attached to an aromatic ring is 1. The molecule has 0 unspecified atom stereocenters. The van der Waals surface area contributed by atoms with Crippen LogP contribution in [-0.2, 0) is 0 Å². The molecule has 0 aliphatic rings. The number of halogens is 3. The first-order valence-electron chi connectivity index (χ1n) is 2.98. The molecule has 0 bridgehead atoms. The third-order valence-electron chi connectivity index (χ3n) is 1.29. The maximum atomic E-state index is 12.0. The molecule has 0 aliphatic carbocycles. The largest absolute Gasteiger partial charge is 0.396 e. The van der Waals surface area contributed by atoms with Crippen LogP contribution in [-0.4, -0.2) is 4.98 Å². The number of hydrogen-bond donors (Lipinski definition) is 2. The topological polar surface area (TPSA) is 58.9 Å². The zero-order valence-corrected chi connectivity index (χ0v) is 6.53. The molecule has 0 fully saturated rings. The Hall–Kier alpha value is -1.10. The lowest BCUT2D eigenvalue weighted by Crippen LogP contribution is -2.13. The summed E-state index contributed by atoms with van der Waals surface area (Å²) in [7, 11) is 0. The summed E-state index contributed by atoms with van der Waals surface area (Å²) in [6.07, 6.45) is -2.84. The second-order valence-corrected chi connectivity index (χ2v) is 2.50. The minimum Gasteiger partial charge on any atom is -0.396 e. The minimum atomic E-state index is -2.84. The van der Waals surface area contributed by atoms with Gasteiger partial charge in [-0.2, -0.15) is 0 Å². The van der Waals surface area contributed by atoms with Crippen LogP contribution >= 0.6 is 11.6 Å². The summed E-state index contributed by atoms with van der Waals surface area (Å²) in [5.74, 6) is 0. The van der Waals surface area contributed by atoms with Crippen LogP contribution < -0.4 is 11.3 Å². The van der Waals surface area contributed by atoms with Gasteiger partial charge in [0.05, 0.1) is 11.3 Å². The maximum Gasteiger partial charge on any atom is 0.269 e. The molecule has 1 rings (SSSR count). The number of aromatic nitrogens is 1. The van der Waals surface area contributed by atoms with Crippen LogP contribution in [0.5, 0.6) is 0 Å². The molecule has 3 N–H and O–H groups in total. The normalized spacial score (nSPS) is 10.7. The number of hydrogen-bond acceptors (Lipinski definition) is 2. The molecule has 0 aromatic carbocycles. The molecule has 6 heteroatoms. The van der Waals surface area contributed by atoms with Gasteiger partial charge < -0.3 is 10.7 Å². The lowest BCUT2D eigenvalue weighted by molar-refractivity contribution is 0.149. The van der Waals surface area contributed by atoms with Crippen molar-refractivity contribution in [2.45, 2.75) is 6.43 Å². The van der Waals surface area contributed by atoms with Crippen molar-refractivity contribution in [2.75, 3.05) is 5.73 Å². The molecule has 1 heterocycles. The maximum absolute atomic E-state index is 12.0.